The zero-order valence-electron chi connectivity index (χ0n) is 17.6. The van der Waals surface area contributed by atoms with E-state index in [4.69, 9.17) is 4.74 Å². The van der Waals surface area contributed by atoms with E-state index in [0.29, 0.717) is 17.1 Å². The second-order valence-corrected chi connectivity index (χ2v) is 8.57. The molecule has 32 heavy (non-hydrogen) atoms. The van der Waals surface area contributed by atoms with Crippen molar-refractivity contribution in [1.82, 2.24) is 15.0 Å². The number of sulfonamides is 1. The highest BCUT2D eigenvalue weighted by Gasteiger charge is 2.20. The van der Waals surface area contributed by atoms with Gasteiger partial charge in [0.1, 0.15) is 0 Å². The lowest BCUT2D eigenvalue weighted by atomic mass is 10.2. The minimum Gasteiger partial charge on any atom is -0.449 e. The first-order chi connectivity index (χ1) is 15.1. The maximum atomic E-state index is 12.6. The van der Waals surface area contributed by atoms with Gasteiger partial charge in [0.25, 0.3) is 15.9 Å². The van der Waals surface area contributed by atoms with Crippen molar-refractivity contribution < 1.29 is 22.7 Å². The smallest absolute Gasteiger partial charge is 0.340 e. The molecule has 1 amide bonds. The summed E-state index contributed by atoms with van der Waals surface area (Å²) in [6.07, 6.45) is 1.78. The lowest BCUT2D eigenvalue weighted by Crippen LogP contribution is -2.30. The third-order valence-electron chi connectivity index (χ3n) is 4.19. The summed E-state index contributed by atoms with van der Waals surface area (Å²) in [6.45, 7) is 4.90. The number of esters is 1. The minimum absolute atomic E-state index is 0.0239. The molecule has 2 N–H and O–H groups in total. The number of nitrogens with one attached hydrogen (secondary N) is 2. The van der Waals surface area contributed by atoms with Crippen LogP contribution in [0, 0.1) is 13.8 Å². The Labute approximate surface area is 185 Å². The lowest BCUT2D eigenvalue weighted by molar-refractivity contribution is -0.123. The molecule has 0 saturated carbocycles. The fourth-order valence-corrected chi connectivity index (χ4v) is 3.62. The quantitative estimate of drug-likeness (QED) is 0.518. The molecule has 3 rings (SSSR count). The van der Waals surface area contributed by atoms with Crippen molar-refractivity contribution >= 4 is 33.5 Å². The first-order valence-corrected chi connectivity index (χ1v) is 11.0. The van der Waals surface area contributed by atoms with Crippen molar-refractivity contribution in [1.29, 1.82) is 0 Å². The molecule has 166 valence electrons. The predicted octanol–water partition coefficient (Wildman–Crippen LogP) is 2.47. The number of aromatic nitrogens is 3. The number of nitrogens with zero attached hydrogens (tertiary/aromatic N) is 3. The van der Waals surface area contributed by atoms with Gasteiger partial charge in [0.05, 0.1) is 10.5 Å². The van der Waals surface area contributed by atoms with Gasteiger partial charge in [-0.1, -0.05) is 0 Å². The summed E-state index contributed by atoms with van der Waals surface area (Å²) in [6, 6.07) is 10.3. The fraction of sp³-hybridized carbons (Fsp3) is 0.190. The number of carbonyl (C=O) groups is 2. The highest BCUT2D eigenvalue weighted by atomic mass is 32.2. The molecule has 0 radical (unpaired) electrons. The zero-order chi connectivity index (χ0) is 23.3. The van der Waals surface area contributed by atoms with Crippen LogP contribution in [-0.2, 0) is 19.6 Å². The Hall–Kier alpha value is -3.86. The molecular weight excluding hydrogens is 434 g/mol. The number of pyridine rings is 1. The number of amides is 1. The number of ether oxygens (including phenoxy) is 1. The van der Waals surface area contributed by atoms with Gasteiger partial charge in [-0.05, 0) is 63.2 Å². The van der Waals surface area contributed by atoms with Crippen molar-refractivity contribution in [2.75, 3.05) is 10.0 Å². The molecule has 0 aliphatic rings. The summed E-state index contributed by atoms with van der Waals surface area (Å²) in [5.74, 6) is -1.27. The fourth-order valence-electron chi connectivity index (χ4n) is 2.68. The van der Waals surface area contributed by atoms with Crippen molar-refractivity contribution in [3.63, 3.8) is 0 Å². The average Bonchev–Trinajstić information content (AvgIpc) is 2.73. The number of benzene rings is 1. The second-order valence-electron chi connectivity index (χ2n) is 6.88. The molecule has 11 heteroatoms. The SMILES string of the molecule is Cc1cc(C)nc(NS(=O)(=O)c2ccc(NC(=O)C(C)OC(=O)c3cccnc3)cc2)n1. The number of carbonyl (C=O) groups excluding carboxylic acids is 2. The molecule has 0 aliphatic carbocycles. The summed E-state index contributed by atoms with van der Waals surface area (Å²) in [4.78, 5) is 36.3. The van der Waals surface area contributed by atoms with E-state index < -0.39 is 28.0 Å². The first-order valence-electron chi connectivity index (χ1n) is 9.51. The highest BCUT2D eigenvalue weighted by molar-refractivity contribution is 7.92. The highest BCUT2D eigenvalue weighted by Crippen LogP contribution is 2.17. The van der Waals surface area contributed by atoms with Gasteiger partial charge in [0, 0.05) is 29.5 Å². The van der Waals surface area contributed by atoms with Gasteiger partial charge in [-0.2, -0.15) is 0 Å². The van der Waals surface area contributed by atoms with Gasteiger partial charge in [-0.25, -0.2) is 27.9 Å². The predicted molar refractivity (Wildman–Crippen MR) is 117 cm³/mol. The lowest BCUT2D eigenvalue weighted by Gasteiger charge is -2.14. The molecule has 0 saturated heterocycles. The van der Waals surface area contributed by atoms with Gasteiger partial charge < -0.3 is 10.1 Å². The number of anilines is 2. The van der Waals surface area contributed by atoms with Crippen LogP contribution in [-0.4, -0.2) is 41.4 Å². The van der Waals surface area contributed by atoms with E-state index in [9.17, 15) is 18.0 Å². The molecule has 2 aromatic heterocycles. The summed E-state index contributed by atoms with van der Waals surface area (Å²) in [7, 11) is -3.92. The summed E-state index contributed by atoms with van der Waals surface area (Å²) in [5, 5.41) is 2.57. The monoisotopic (exact) mass is 455 g/mol. The maximum Gasteiger partial charge on any atom is 0.340 e. The number of rotatable bonds is 7. The van der Waals surface area contributed by atoms with Gasteiger partial charge in [-0.3, -0.25) is 9.78 Å². The van der Waals surface area contributed by atoms with Crippen molar-refractivity contribution in [2.24, 2.45) is 0 Å². The Morgan fingerprint density at radius 2 is 1.69 bits per heavy atom. The van der Waals surface area contributed by atoms with Crippen LogP contribution in [0.1, 0.15) is 28.7 Å². The Morgan fingerprint density at radius 1 is 1.03 bits per heavy atom. The number of aryl methyl sites for hydroxylation is 2. The summed E-state index contributed by atoms with van der Waals surface area (Å²) < 4.78 is 32.6. The van der Waals surface area contributed by atoms with Gasteiger partial charge in [0.15, 0.2) is 6.10 Å². The maximum absolute atomic E-state index is 12.6. The molecular formula is C21H21N5O5S. The van der Waals surface area contributed by atoms with Gasteiger partial charge in [-0.15, -0.1) is 0 Å². The largest absolute Gasteiger partial charge is 0.449 e. The third kappa shape index (κ3) is 5.85. The molecule has 1 unspecified atom stereocenters. The normalized spacial score (nSPS) is 12.0. The number of hydrogen-bond acceptors (Lipinski definition) is 8. The van der Waals surface area contributed by atoms with Crippen LogP contribution in [0.2, 0.25) is 0 Å². The van der Waals surface area contributed by atoms with Gasteiger partial charge in [0.2, 0.25) is 5.95 Å². The topological polar surface area (TPSA) is 140 Å². The number of hydrogen-bond donors (Lipinski definition) is 2. The molecule has 0 bridgehead atoms. The Kier molecular flexibility index (Phi) is 6.79. The molecule has 1 atom stereocenters. The Morgan fingerprint density at radius 3 is 2.28 bits per heavy atom. The molecule has 2 heterocycles. The van der Waals surface area contributed by atoms with E-state index in [1.54, 1.807) is 26.0 Å². The van der Waals surface area contributed by atoms with Crippen molar-refractivity contribution in [2.45, 2.75) is 31.8 Å². The van der Waals surface area contributed by atoms with E-state index in [1.165, 1.54) is 49.6 Å². The zero-order valence-corrected chi connectivity index (χ0v) is 18.4. The molecule has 0 spiro atoms. The van der Waals surface area contributed by atoms with Crippen molar-refractivity contribution in [3.05, 3.63) is 71.8 Å². The molecule has 10 nitrogen and oxygen atoms in total. The van der Waals surface area contributed by atoms with Crippen LogP contribution in [0.5, 0.6) is 0 Å². The second kappa shape index (κ2) is 9.52. The van der Waals surface area contributed by atoms with E-state index in [2.05, 4.69) is 25.0 Å². The first kappa shape index (κ1) is 22.8. The van der Waals surface area contributed by atoms with Gasteiger partial charge >= 0.3 is 5.97 Å². The molecule has 3 aromatic rings. The van der Waals surface area contributed by atoms with E-state index in [-0.39, 0.29) is 16.4 Å². The van der Waals surface area contributed by atoms with Crippen LogP contribution < -0.4 is 10.0 Å². The Balaban J connectivity index is 1.63. The van der Waals surface area contributed by atoms with E-state index in [1.807, 2.05) is 0 Å². The van der Waals surface area contributed by atoms with Crippen LogP contribution in [0.4, 0.5) is 11.6 Å². The summed E-state index contributed by atoms with van der Waals surface area (Å²) in [5.41, 5.74) is 1.82. The molecule has 0 aliphatic heterocycles. The minimum atomic E-state index is -3.92. The summed E-state index contributed by atoms with van der Waals surface area (Å²) >= 11 is 0. The van der Waals surface area contributed by atoms with E-state index in [0.717, 1.165) is 0 Å². The van der Waals surface area contributed by atoms with Crippen LogP contribution in [0.25, 0.3) is 0 Å². The molecule has 1 aromatic carbocycles. The third-order valence-corrected chi connectivity index (χ3v) is 5.53. The van der Waals surface area contributed by atoms with Crippen LogP contribution in [0.3, 0.4) is 0 Å². The standard InChI is InChI=1S/C21H21N5O5S/c1-13-11-14(2)24-21(23-13)26-32(29,30)18-8-6-17(7-9-18)25-19(27)15(3)31-20(28)16-5-4-10-22-12-16/h4-12,15H,1-3H3,(H,25,27)(H,23,24,26). The average molecular weight is 455 g/mol. The van der Waals surface area contributed by atoms with E-state index >= 15 is 0 Å². The van der Waals surface area contributed by atoms with Crippen LogP contribution in [0.15, 0.2) is 59.8 Å². The van der Waals surface area contributed by atoms with Crippen LogP contribution >= 0.6 is 0 Å². The Bertz CT molecular complexity index is 1210. The molecule has 0 fully saturated rings. The van der Waals surface area contributed by atoms with Crippen molar-refractivity contribution in [3.8, 4) is 0 Å².